The third-order valence-electron chi connectivity index (χ3n) is 7.19. The van der Waals surface area contributed by atoms with E-state index in [-0.39, 0.29) is 38.2 Å². The highest BCUT2D eigenvalue weighted by atomic mass is 16.7. The summed E-state index contributed by atoms with van der Waals surface area (Å²) < 4.78 is 39.5. The van der Waals surface area contributed by atoms with Crippen LogP contribution in [0.5, 0.6) is 0 Å². The van der Waals surface area contributed by atoms with Crippen molar-refractivity contribution in [3.8, 4) is 0 Å². The van der Waals surface area contributed by atoms with Crippen LogP contribution in [0.4, 0.5) is 4.79 Å². The number of hydrogen-bond donors (Lipinski definition) is 6. The molecule has 0 aromatic carbocycles. The Morgan fingerprint density at radius 1 is 1.06 bits per heavy atom. The maximum Gasteiger partial charge on any atom is 0.405 e. The number of unbranched alkanes of at least 4 members (excludes halogenated alkanes) is 1. The smallest absolute Gasteiger partial charge is 0.405 e. The first-order chi connectivity index (χ1) is 23.0. The maximum absolute atomic E-state index is 12.0. The van der Waals surface area contributed by atoms with Crippen molar-refractivity contribution < 1.29 is 58.1 Å². The largest absolute Gasteiger partial charge is 0.444 e. The molecule has 0 bridgehead atoms. The number of ether oxygens (including phenoxy) is 7. The van der Waals surface area contributed by atoms with E-state index < -0.39 is 36.3 Å². The number of aliphatic hydroxyl groups is 3. The Hall–Kier alpha value is -2.52. The average Bonchev–Trinajstić information content (AvgIpc) is 3.47. The van der Waals surface area contributed by atoms with Gasteiger partial charge in [-0.05, 0) is 26.7 Å². The van der Waals surface area contributed by atoms with Crippen LogP contribution in [-0.2, 0) is 51.1 Å². The monoisotopic (exact) mass is 692 g/mol. The number of aromatic nitrogens is 3. The second kappa shape index (κ2) is 23.8. The summed E-state index contributed by atoms with van der Waals surface area (Å²) in [6.45, 7) is 7.25. The molecule has 2 amide bonds. The van der Waals surface area contributed by atoms with Gasteiger partial charge in [0.2, 0.25) is 5.91 Å². The van der Waals surface area contributed by atoms with E-state index in [1.54, 1.807) is 24.7 Å². The number of nitrogens with one attached hydrogen (secondary N) is 1. The standard InChI is InChI=1S/C30H56N6O12/c1-30(2,48-29(32)41)18-22(31)5-3-4-6-26(39)33-7-9-42-11-12-43-13-14-44-15-16-45-21-23-19-36(35-34-23)8-10-46-28-27(40)25(38)17-24(20-37)47-28/h19,22,24-25,27-28,37-38,40H,3-18,20-21,31H2,1-2H3,(H2,32,41)(H,33,39)/t22?,24-,25-,27+,28+/m0/s1. The Morgan fingerprint density at radius 2 is 1.73 bits per heavy atom. The number of nitrogens with two attached hydrogens (primary N) is 2. The molecule has 0 spiro atoms. The van der Waals surface area contributed by atoms with Gasteiger partial charge in [0, 0.05) is 31.8 Å². The van der Waals surface area contributed by atoms with Crippen LogP contribution in [0, 0.1) is 0 Å². The van der Waals surface area contributed by atoms with Crippen molar-refractivity contribution in [1.82, 2.24) is 20.3 Å². The van der Waals surface area contributed by atoms with Crippen molar-refractivity contribution in [3.63, 3.8) is 0 Å². The molecule has 8 N–H and O–H groups in total. The summed E-state index contributed by atoms with van der Waals surface area (Å²) in [5, 5.41) is 40.0. The number of rotatable bonds is 27. The highest BCUT2D eigenvalue weighted by Crippen LogP contribution is 2.21. The number of aliphatic hydroxyl groups excluding tert-OH is 3. The van der Waals surface area contributed by atoms with Crippen LogP contribution in [-0.4, -0.2) is 145 Å². The fraction of sp³-hybridized carbons (Fsp3) is 0.867. The molecule has 278 valence electrons. The number of hydrogen-bond acceptors (Lipinski definition) is 15. The molecule has 0 radical (unpaired) electrons. The van der Waals surface area contributed by atoms with Gasteiger partial charge in [0.1, 0.15) is 17.4 Å². The minimum atomic E-state index is -1.19. The summed E-state index contributed by atoms with van der Waals surface area (Å²) in [7, 11) is 0. The van der Waals surface area contributed by atoms with Gasteiger partial charge in [-0.3, -0.25) is 4.79 Å². The van der Waals surface area contributed by atoms with Crippen LogP contribution in [0.2, 0.25) is 0 Å². The molecule has 1 aromatic rings. The van der Waals surface area contributed by atoms with Crippen LogP contribution >= 0.6 is 0 Å². The lowest BCUT2D eigenvalue weighted by molar-refractivity contribution is -0.271. The molecule has 1 unspecified atom stereocenters. The number of carbonyl (C=O) groups excluding carboxylic acids is 2. The van der Waals surface area contributed by atoms with E-state index in [0.29, 0.717) is 84.3 Å². The van der Waals surface area contributed by atoms with E-state index in [4.69, 9.17) is 44.6 Å². The van der Waals surface area contributed by atoms with Crippen LogP contribution < -0.4 is 16.8 Å². The van der Waals surface area contributed by atoms with Crippen molar-refractivity contribution >= 4 is 12.0 Å². The topological polar surface area (TPSA) is 254 Å². The van der Waals surface area contributed by atoms with Gasteiger partial charge in [0.15, 0.2) is 6.29 Å². The molecule has 1 aliphatic rings. The molecule has 1 aliphatic heterocycles. The van der Waals surface area contributed by atoms with E-state index in [9.17, 15) is 24.9 Å². The van der Waals surface area contributed by atoms with Crippen molar-refractivity contribution in [3.05, 3.63) is 11.9 Å². The Kier molecular flexibility index (Phi) is 20.6. The van der Waals surface area contributed by atoms with Gasteiger partial charge in [0.05, 0.1) is 91.0 Å². The van der Waals surface area contributed by atoms with Gasteiger partial charge in [-0.1, -0.05) is 11.6 Å². The molecule has 5 atom stereocenters. The molecular formula is C30H56N6O12. The highest BCUT2D eigenvalue weighted by Gasteiger charge is 2.37. The van der Waals surface area contributed by atoms with Crippen molar-refractivity contribution in [2.75, 3.05) is 66.0 Å². The number of carbonyl (C=O) groups is 2. The van der Waals surface area contributed by atoms with E-state index in [2.05, 4.69) is 15.6 Å². The maximum atomic E-state index is 12.0. The second-order valence-electron chi connectivity index (χ2n) is 12.1. The minimum absolute atomic E-state index is 0.0388. The molecule has 1 saturated heterocycles. The van der Waals surface area contributed by atoms with Gasteiger partial charge in [0.25, 0.3) is 0 Å². The zero-order valence-electron chi connectivity index (χ0n) is 28.2. The normalized spacial score (nSPS) is 20.5. The molecule has 1 fully saturated rings. The van der Waals surface area contributed by atoms with Crippen molar-refractivity contribution in [2.45, 2.75) is 102 Å². The summed E-state index contributed by atoms with van der Waals surface area (Å²) >= 11 is 0. The minimum Gasteiger partial charge on any atom is -0.444 e. The van der Waals surface area contributed by atoms with Crippen LogP contribution in [0.15, 0.2) is 6.20 Å². The quantitative estimate of drug-likeness (QED) is 0.0602. The number of nitrogens with zero attached hydrogens (tertiary/aromatic N) is 3. The van der Waals surface area contributed by atoms with Gasteiger partial charge < -0.3 is 65.3 Å². The Balaban J connectivity index is 1.34. The van der Waals surface area contributed by atoms with Gasteiger partial charge >= 0.3 is 6.09 Å². The summed E-state index contributed by atoms with van der Waals surface area (Å²) in [6.07, 6.45) is 0.343. The summed E-state index contributed by atoms with van der Waals surface area (Å²) in [5.41, 5.74) is 11.1. The Labute approximate surface area is 281 Å². The van der Waals surface area contributed by atoms with Crippen LogP contribution in [0.3, 0.4) is 0 Å². The SMILES string of the molecule is CC(C)(CC(N)CCCCC(=O)NCCOCCOCCOCCOCc1cn(CCO[C@@H]2O[C@H](CO)C[C@H](O)[C@H]2O)nn1)OC(N)=O. The van der Waals surface area contributed by atoms with E-state index >= 15 is 0 Å². The molecule has 48 heavy (non-hydrogen) atoms. The molecule has 2 rings (SSSR count). The van der Waals surface area contributed by atoms with Gasteiger partial charge in [-0.2, -0.15) is 0 Å². The number of primary amides is 1. The molecule has 18 nitrogen and oxygen atoms in total. The third-order valence-corrected chi connectivity index (χ3v) is 7.19. The zero-order chi connectivity index (χ0) is 35.2. The Bertz CT molecular complexity index is 1020. The predicted octanol–water partition coefficient (Wildman–Crippen LogP) is -1.04. The lowest BCUT2D eigenvalue weighted by Gasteiger charge is -2.36. The molecule has 1 aromatic heterocycles. The predicted molar refractivity (Wildman–Crippen MR) is 169 cm³/mol. The van der Waals surface area contributed by atoms with E-state index in [1.807, 2.05) is 0 Å². The van der Waals surface area contributed by atoms with Crippen LogP contribution in [0.25, 0.3) is 0 Å². The van der Waals surface area contributed by atoms with E-state index in [1.165, 1.54) is 0 Å². The van der Waals surface area contributed by atoms with Gasteiger partial charge in [-0.15, -0.1) is 5.10 Å². The fourth-order valence-electron chi connectivity index (χ4n) is 4.87. The summed E-state index contributed by atoms with van der Waals surface area (Å²) in [5.74, 6) is -0.0388. The van der Waals surface area contributed by atoms with E-state index in [0.717, 1.165) is 12.8 Å². The Morgan fingerprint density at radius 3 is 2.40 bits per heavy atom. The lowest BCUT2D eigenvalue weighted by atomic mass is 9.95. The molecular weight excluding hydrogens is 636 g/mol. The zero-order valence-corrected chi connectivity index (χ0v) is 28.2. The first-order valence-electron chi connectivity index (χ1n) is 16.4. The molecule has 18 heteroatoms. The van der Waals surface area contributed by atoms with Crippen molar-refractivity contribution in [2.24, 2.45) is 11.5 Å². The van der Waals surface area contributed by atoms with Gasteiger partial charge in [-0.25, -0.2) is 9.48 Å². The fourth-order valence-corrected chi connectivity index (χ4v) is 4.87. The molecule has 0 aliphatic carbocycles. The molecule has 2 heterocycles. The van der Waals surface area contributed by atoms with Crippen LogP contribution in [0.1, 0.15) is 58.1 Å². The number of amides is 2. The summed E-state index contributed by atoms with van der Waals surface area (Å²) in [4.78, 5) is 22.9. The molecule has 0 saturated carbocycles. The summed E-state index contributed by atoms with van der Waals surface area (Å²) in [6, 6.07) is -0.147. The first kappa shape index (κ1) is 41.7. The lowest BCUT2D eigenvalue weighted by Crippen LogP contribution is -2.50. The highest BCUT2D eigenvalue weighted by molar-refractivity contribution is 5.75. The first-order valence-corrected chi connectivity index (χ1v) is 16.4. The van der Waals surface area contributed by atoms with Crippen molar-refractivity contribution in [1.29, 1.82) is 0 Å². The third kappa shape index (κ3) is 18.9. The average molecular weight is 693 g/mol. The second-order valence-corrected chi connectivity index (χ2v) is 12.1.